The average Bonchev–Trinajstić information content (AvgIpc) is 3.15. The standard InChI is InChI=1S/C32H68P.C18H34O2/c1-5-9-13-17-21-25-29-33(30-26-22-18-14-10-6-2,31-27-23-19-15-11-7-3)32-28-24-20-16-12-8-4;1-2-3-4-5-6-7-8-9-10-11-12-13-14-15-16-17-18(19)20/h5-32H2,1-4H3;9-10H,2-8,11-17H2,1H3,(H,19,20)/q+1;/p-1. The van der Waals surface area contributed by atoms with Crippen molar-refractivity contribution in [3.63, 3.8) is 0 Å². The third-order valence-electron chi connectivity index (χ3n) is 11.6. The molecule has 0 fully saturated rings. The van der Waals surface area contributed by atoms with Crippen molar-refractivity contribution >= 4 is 13.2 Å². The van der Waals surface area contributed by atoms with Crippen molar-refractivity contribution in [3.8, 4) is 0 Å². The molecule has 0 amide bonds. The molecule has 0 unspecified atom stereocenters. The van der Waals surface area contributed by atoms with Gasteiger partial charge < -0.3 is 9.90 Å². The topological polar surface area (TPSA) is 40.1 Å². The van der Waals surface area contributed by atoms with E-state index in [2.05, 4.69) is 46.8 Å². The van der Waals surface area contributed by atoms with E-state index in [4.69, 9.17) is 0 Å². The van der Waals surface area contributed by atoms with Gasteiger partial charge >= 0.3 is 0 Å². The molecule has 0 saturated carbocycles. The van der Waals surface area contributed by atoms with Crippen molar-refractivity contribution in [2.45, 2.75) is 279 Å². The van der Waals surface area contributed by atoms with E-state index in [1.165, 1.54) is 193 Å². The van der Waals surface area contributed by atoms with E-state index >= 15 is 0 Å². The Kier molecular flexibility index (Phi) is 49.4. The fourth-order valence-electron chi connectivity index (χ4n) is 7.92. The number of carbonyl (C=O) groups excluding carboxylic acids is 1. The maximum atomic E-state index is 10.2. The van der Waals surface area contributed by atoms with Gasteiger partial charge in [-0.15, -0.1) is 0 Å². The summed E-state index contributed by atoms with van der Waals surface area (Å²) in [5.41, 5.74) is 0. The van der Waals surface area contributed by atoms with Gasteiger partial charge in [0.2, 0.25) is 0 Å². The summed E-state index contributed by atoms with van der Waals surface area (Å²) in [5, 5.41) is 10.2. The van der Waals surface area contributed by atoms with Gasteiger partial charge in [-0.1, -0.05) is 201 Å². The summed E-state index contributed by atoms with van der Waals surface area (Å²) >= 11 is 0. The Labute approximate surface area is 337 Å². The van der Waals surface area contributed by atoms with E-state index in [1.807, 2.05) is 0 Å². The molecule has 0 saturated heterocycles. The molecule has 0 aliphatic heterocycles. The van der Waals surface area contributed by atoms with Crippen LogP contribution in [0.1, 0.15) is 279 Å². The molecule has 3 heteroatoms. The number of hydrogen-bond acceptors (Lipinski definition) is 2. The zero-order valence-electron chi connectivity index (χ0n) is 37.6. The minimum Gasteiger partial charge on any atom is -0.550 e. The summed E-state index contributed by atoms with van der Waals surface area (Å²) in [5.74, 6) is -0.914. The zero-order chi connectivity index (χ0) is 39.2. The number of unbranched alkanes of at least 4 members (excludes halogenated alkanes) is 31. The average molecular weight is 765 g/mol. The number of carbonyl (C=O) groups is 1. The molecule has 0 bridgehead atoms. The fourth-order valence-corrected chi connectivity index (χ4v) is 12.8. The van der Waals surface area contributed by atoms with E-state index in [-0.39, 0.29) is 6.42 Å². The number of aliphatic carboxylic acids is 1. The Morgan fingerprint density at radius 1 is 0.340 bits per heavy atom. The highest BCUT2D eigenvalue weighted by Crippen LogP contribution is 2.61. The molecule has 0 aromatic heterocycles. The lowest BCUT2D eigenvalue weighted by Gasteiger charge is -2.28. The summed E-state index contributed by atoms with van der Waals surface area (Å²) in [4.78, 5) is 10.2. The van der Waals surface area contributed by atoms with Gasteiger partial charge in [-0.25, -0.2) is 0 Å². The van der Waals surface area contributed by atoms with Crippen LogP contribution in [-0.4, -0.2) is 30.6 Å². The molecule has 0 atom stereocenters. The van der Waals surface area contributed by atoms with Gasteiger partial charge in [0, 0.05) is 13.2 Å². The van der Waals surface area contributed by atoms with Gasteiger partial charge in [-0.05, 0) is 89.9 Å². The minimum absolute atomic E-state index is 0.220. The van der Waals surface area contributed by atoms with Gasteiger partial charge in [0.15, 0.2) is 0 Å². The minimum atomic E-state index is -0.914. The number of carboxylic acid groups (broad SMARTS) is 1. The van der Waals surface area contributed by atoms with Crippen LogP contribution in [0.25, 0.3) is 0 Å². The van der Waals surface area contributed by atoms with Crippen LogP contribution in [0.5, 0.6) is 0 Å². The van der Waals surface area contributed by atoms with Crippen LogP contribution in [0.15, 0.2) is 12.2 Å². The SMILES string of the molecule is CCCCCCCCC=CCCCCCCCC(=O)[O-].CCCCCCCC[P+](CCCCCCCC)(CCCCCCCC)CCCCCCCC. The highest BCUT2D eigenvalue weighted by atomic mass is 31.2. The van der Waals surface area contributed by atoms with E-state index in [0.717, 1.165) is 19.3 Å². The van der Waals surface area contributed by atoms with Crippen molar-refractivity contribution in [1.82, 2.24) is 0 Å². The molecule has 0 heterocycles. The predicted octanol–water partition coefficient (Wildman–Crippen LogP) is 17.2. The van der Waals surface area contributed by atoms with Crippen LogP contribution in [0, 0.1) is 0 Å². The predicted molar refractivity (Wildman–Crippen MR) is 244 cm³/mol. The van der Waals surface area contributed by atoms with Crippen LogP contribution in [0.2, 0.25) is 0 Å². The normalized spacial score (nSPS) is 11.7. The maximum absolute atomic E-state index is 10.2. The van der Waals surface area contributed by atoms with Crippen LogP contribution >= 0.6 is 7.26 Å². The number of carboxylic acids is 1. The second-order valence-corrected chi connectivity index (χ2v) is 21.5. The van der Waals surface area contributed by atoms with Gasteiger partial charge in [0.05, 0.1) is 24.6 Å². The summed E-state index contributed by atoms with van der Waals surface area (Å²) in [6.45, 7) is 11.6. The largest absolute Gasteiger partial charge is 0.550 e. The lowest BCUT2D eigenvalue weighted by Crippen LogP contribution is -2.21. The van der Waals surface area contributed by atoms with Crippen molar-refractivity contribution in [2.75, 3.05) is 24.6 Å². The zero-order valence-corrected chi connectivity index (χ0v) is 38.5. The molecule has 0 aromatic rings. The fraction of sp³-hybridized carbons (Fsp3) is 0.940. The molecule has 0 radical (unpaired) electrons. The van der Waals surface area contributed by atoms with Crippen LogP contribution < -0.4 is 5.11 Å². The molecule has 0 aromatic carbocycles. The first-order valence-corrected chi connectivity index (χ1v) is 27.2. The third kappa shape index (κ3) is 45.9. The van der Waals surface area contributed by atoms with E-state index in [1.54, 1.807) is 50.3 Å². The summed E-state index contributed by atoms with van der Waals surface area (Å²) in [6.07, 6.45) is 63.0. The van der Waals surface area contributed by atoms with Crippen molar-refractivity contribution in [2.24, 2.45) is 0 Å². The van der Waals surface area contributed by atoms with Gasteiger partial charge in [-0.2, -0.15) is 0 Å². The molecule has 0 rings (SSSR count). The Bertz CT molecular complexity index is 634. The first-order chi connectivity index (χ1) is 26.0. The Hall–Kier alpha value is -0.360. The van der Waals surface area contributed by atoms with Crippen molar-refractivity contribution in [3.05, 3.63) is 12.2 Å². The van der Waals surface area contributed by atoms with Crippen LogP contribution in [0.3, 0.4) is 0 Å². The highest BCUT2D eigenvalue weighted by molar-refractivity contribution is 7.75. The van der Waals surface area contributed by atoms with E-state index in [9.17, 15) is 9.90 Å². The molecular formula is C50H101O2P. The van der Waals surface area contributed by atoms with E-state index < -0.39 is 13.2 Å². The van der Waals surface area contributed by atoms with Crippen molar-refractivity contribution in [1.29, 1.82) is 0 Å². The summed E-state index contributed by atoms with van der Waals surface area (Å²) in [6, 6.07) is 0. The number of hydrogen-bond donors (Lipinski definition) is 0. The van der Waals surface area contributed by atoms with Crippen LogP contribution in [-0.2, 0) is 4.79 Å². The first-order valence-electron chi connectivity index (χ1n) is 24.7. The quantitative estimate of drug-likeness (QED) is 0.0352. The molecule has 0 aliphatic carbocycles. The van der Waals surface area contributed by atoms with Crippen LogP contribution in [0.4, 0.5) is 0 Å². The Balaban J connectivity index is 0. The molecular weight excluding hydrogens is 664 g/mol. The second kappa shape index (κ2) is 47.8. The van der Waals surface area contributed by atoms with Gasteiger partial charge in [0.1, 0.15) is 0 Å². The Morgan fingerprint density at radius 3 is 0.830 bits per heavy atom. The maximum Gasteiger partial charge on any atom is 0.0594 e. The van der Waals surface area contributed by atoms with Gasteiger partial charge in [-0.3, -0.25) is 0 Å². The third-order valence-corrected chi connectivity index (χ3v) is 16.6. The number of rotatable bonds is 43. The molecule has 53 heavy (non-hydrogen) atoms. The number of allylic oxidation sites excluding steroid dienone is 2. The molecule has 0 N–H and O–H groups in total. The smallest absolute Gasteiger partial charge is 0.0594 e. The summed E-state index contributed by atoms with van der Waals surface area (Å²) in [7, 11) is -0.718. The Morgan fingerprint density at radius 2 is 0.566 bits per heavy atom. The van der Waals surface area contributed by atoms with Crippen molar-refractivity contribution < 1.29 is 9.90 Å². The summed E-state index contributed by atoms with van der Waals surface area (Å²) < 4.78 is 0. The lowest BCUT2D eigenvalue weighted by atomic mass is 10.1. The molecule has 0 spiro atoms. The lowest BCUT2D eigenvalue weighted by molar-refractivity contribution is -0.305. The van der Waals surface area contributed by atoms with E-state index in [0.29, 0.717) is 0 Å². The van der Waals surface area contributed by atoms with Gasteiger partial charge in [0.25, 0.3) is 0 Å². The second-order valence-electron chi connectivity index (χ2n) is 17.0. The molecule has 2 nitrogen and oxygen atoms in total. The molecule has 318 valence electrons. The highest BCUT2D eigenvalue weighted by Gasteiger charge is 2.35. The monoisotopic (exact) mass is 765 g/mol. The molecule has 0 aliphatic rings. The first kappa shape index (κ1) is 54.7.